The predicted molar refractivity (Wildman–Crippen MR) is 93.8 cm³/mol. The molecule has 9 heteroatoms. The highest BCUT2D eigenvalue weighted by Crippen LogP contribution is 2.10. The van der Waals surface area contributed by atoms with E-state index in [0.717, 1.165) is 6.54 Å². The molecule has 1 atom stereocenters. The maximum absolute atomic E-state index is 11.4. The number of aliphatic imine (C=N–C) groups is 1. The maximum Gasteiger partial charge on any atom is 0.191 e. The van der Waals surface area contributed by atoms with Crippen LogP contribution in [0.25, 0.3) is 0 Å². The van der Waals surface area contributed by atoms with Crippen molar-refractivity contribution < 1.29 is 8.42 Å². The molecule has 0 radical (unpaired) electrons. The molecule has 1 saturated heterocycles. The molecular weight excluding hydrogens is 405 g/mol. The summed E-state index contributed by atoms with van der Waals surface area (Å²) < 4.78 is 24.7. The Morgan fingerprint density at radius 3 is 2.90 bits per heavy atom. The minimum atomic E-state index is -2.87. The summed E-state index contributed by atoms with van der Waals surface area (Å²) in [4.78, 5) is 4.44. The van der Waals surface area contributed by atoms with E-state index >= 15 is 0 Å². The predicted octanol–water partition coefficient (Wildman–Crippen LogP) is 0.243. The second-order valence-corrected chi connectivity index (χ2v) is 7.00. The number of guanidine groups is 1. The summed E-state index contributed by atoms with van der Waals surface area (Å²) in [5.74, 6) is 1.12. The third kappa shape index (κ3) is 6.20. The Morgan fingerprint density at radius 1 is 1.52 bits per heavy atom. The fourth-order valence-corrected chi connectivity index (χ4v) is 3.79. The van der Waals surface area contributed by atoms with Gasteiger partial charge in [-0.05, 0) is 19.4 Å². The second kappa shape index (κ2) is 8.57. The van der Waals surface area contributed by atoms with E-state index in [9.17, 15) is 8.42 Å². The van der Waals surface area contributed by atoms with Gasteiger partial charge < -0.3 is 10.6 Å². The molecule has 0 spiro atoms. The topological polar surface area (TPSA) is 88.4 Å². The molecule has 0 bridgehead atoms. The molecular formula is C12H22IN5O2S. The van der Waals surface area contributed by atoms with Crippen LogP contribution in [0.4, 0.5) is 0 Å². The molecule has 0 aromatic carbocycles. The second-order valence-electron chi connectivity index (χ2n) is 4.77. The molecule has 1 aliphatic rings. The normalized spacial score (nSPS) is 20.8. The molecule has 7 nitrogen and oxygen atoms in total. The number of halogens is 1. The van der Waals surface area contributed by atoms with Gasteiger partial charge in [-0.25, -0.2) is 8.42 Å². The summed E-state index contributed by atoms with van der Waals surface area (Å²) in [5.41, 5.74) is 0. The highest BCUT2D eigenvalue weighted by Gasteiger charge is 2.28. The molecule has 120 valence electrons. The molecule has 1 aromatic rings. The van der Waals surface area contributed by atoms with Gasteiger partial charge >= 0.3 is 0 Å². The summed E-state index contributed by atoms with van der Waals surface area (Å²) in [6, 6.07) is 1.83. The van der Waals surface area contributed by atoms with Gasteiger partial charge in [-0.1, -0.05) is 0 Å². The smallest absolute Gasteiger partial charge is 0.191 e. The molecule has 1 unspecified atom stereocenters. The quantitative estimate of drug-likeness (QED) is 0.400. The number of hydrogen-bond donors (Lipinski definition) is 2. The van der Waals surface area contributed by atoms with Gasteiger partial charge in [0.25, 0.3) is 0 Å². The van der Waals surface area contributed by atoms with Crippen molar-refractivity contribution in [3.63, 3.8) is 0 Å². The third-order valence-corrected chi connectivity index (χ3v) is 4.84. The summed E-state index contributed by atoms with van der Waals surface area (Å²) in [6.45, 7) is 4.02. The van der Waals surface area contributed by atoms with Gasteiger partial charge in [0, 0.05) is 25.0 Å². The standard InChI is InChI=1S/C12H21N5O2S.HI/c1-2-13-12(14-6-8-17-7-3-5-15-17)16-11-4-9-20(18,19)10-11;/h3,5,7,11H,2,4,6,8-10H2,1H3,(H2,13,14,16);1H. The molecule has 1 fully saturated rings. The molecule has 21 heavy (non-hydrogen) atoms. The van der Waals surface area contributed by atoms with Crippen LogP contribution in [0.1, 0.15) is 13.3 Å². The average Bonchev–Trinajstić information content (AvgIpc) is 2.99. The largest absolute Gasteiger partial charge is 0.357 e. The van der Waals surface area contributed by atoms with Crippen molar-refractivity contribution in [1.29, 1.82) is 0 Å². The lowest BCUT2D eigenvalue weighted by Gasteiger charge is -2.15. The molecule has 2 N–H and O–H groups in total. The Bertz CT molecular complexity index is 544. The van der Waals surface area contributed by atoms with E-state index in [1.54, 1.807) is 6.20 Å². The Labute approximate surface area is 142 Å². The number of nitrogens with one attached hydrogen (secondary N) is 2. The Morgan fingerprint density at radius 2 is 2.33 bits per heavy atom. The number of nitrogens with zero attached hydrogens (tertiary/aromatic N) is 3. The zero-order chi connectivity index (χ0) is 14.4. The first kappa shape index (κ1) is 18.2. The van der Waals surface area contributed by atoms with Crippen molar-refractivity contribution >= 4 is 39.8 Å². The number of sulfone groups is 1. The number of rotatable bonds is 5. The lowest BCUT2D eigenvalue weighted by atomic mass is 10.3. The van der Waals surface area contributed by atoms with Gasteiger partial charge in [-0.2, -0.15) is 5.10 Å². The van der Waals surface area contributed by atoms with Gasteiger partial charge in [-0.15, -0.1) is 24.0 Å². The van der Waals surface area contributed by atoms with E-state index in [1.165, 1.54) is 0 Å². The van der Waals surface area contributed by atoms with Crippen molar-refractivity contribution in [2.45, 2.75) is 25.9 Å². The van der Waals surface area contributed by atoms with Crippen molar-refractivity contribution in [1.82, 2.24) is 20.4 Å². The lowest BCUT2D eigenvalue weighted by molar-refractivity contribution is 0.599. The molecule has 1 aromatic heterocycles. The minimum absolute atomic E-state index is 0. The monoisotopic (exact) mass is 427 g/mol. The maximum atomic E-state index is 11.4. The van der Waals surface area contributed by atoms with Crippen molar-refractivity contribution in [3.05, 3.63) is 18.5 Å². The fourth-order valence-electron chi connectivity index (χ4n) is 2.12. The van der Waals surface area contributed by atoms with E-state index in [2.05, 4.69) is 20.7 Å². The van der Waals surface area contributed by atoms with Crippen LogP contribution in [0.2, 0.25) is 0 Å². The first-order chi connectivity index (χ1) is 9.59. The van der Waals surface area contributed by atoms with Gasteiger partial charge in [0.2, 0.25) is 0 Å². The molecule has 2 rings (SSSR count). The molecule has 0 aliphatic carbocycles. The lowest BCUT2D eigenvalue weighted by Crippen LogP contribution is -2.44. The van der Waals surface area contributed by atoms with E-state index in [-0.39, 0.29) is 41.5 Å². The summed E-state index contributed by atoms with van der Waals surface area (Å²) in [6.07, 6.45) is 4.27. The Hall–Kier alpha value is -0.840. The first-order valence-electron chi connectivity index (χ1n) is 6.82. The fraction of sp³-hybridized carbons (Fsp3) is 0.667. The van der Waals surface area contributed by atoms with E-state index < -0.39 is 9.84 Å². The van der Waals surface area contributed by atoms with E-state index in [4.69, 9.17) is 0 Å². The van der Waals surface area contributed by atoms with Crippen molar-refractivity contribution in [3.8, 4) is 0 Å². The molecule has 2 heterocycles. The molecule has 1 aliphatic heterocycles. The summed E-state index contributed by atoms with van der Waals surface area (Å²) >= 11 is 0. The zero-order valence-corrected chi connectivity index (χ0v) is 15.2. The van der Waals surface area contributed by atoms with Crippen LogP contribution in [0.3, 0.4) is 0 Å². The SMILES string of the molecule is CCNC(=NCCn1cccn1)NC1CCS(=O)(=O)C1.I. The van der Waals surface area contributed by atoms with Crippen LogP contribution in [0.15, 0.2) is 23.5 Å². The van der Waals surface area contributed by atoms with Crippen LogP contribution in [-0.4, -0.2) is 54.8 Å². The van der Waals surface area contributed by atoms with Gasteiger partial charge in [0.1, 0.15) is 0 Å². The first-order valence-corrected chi connectivity index (χ1v) is 8.64. The average molecular weight is 427 g/mol. The van der Waals surface area contributed by atoms with Crippen LogP contribution >= 0.6 is 24.0 Å². The Kier molecular flexibility index (Phi) is 7.43. The highest BCUT2D eigenvalue weighted by atomic mass is 127. The van der Waals surface area contributed by atoms with E-state index in [1.807, 2.05) is 23.9 Å². The van der Waals surface area contributed by atoms with Gasteiger partial charge in [0.15, 0.2) is 15.8 Å². The molecule has 0 amide bonds. The van der Waals surface area contributed by atoms with Crippen LogP contribution < -0.4 is 10.6 Å². The number of hydrogen-bond acceptors (Lipinski definition) is 4. The van der Waals surface area contributed by atoms with Gasteiger partial charge in [-0.3, -0.25) is 9.67 Å². The minimum Gasteiger partial charge on any atom is -0.357 e. The van der Waals surface area contributed by atoms with Crippen molar-refractivity contribution in [2.24, 2.45) is 4.99 Å². The summed E-state index contributed by atoms with van der Waals surface area (Å²) in [7, 11) is -2.87. The number of aromatic nitrogens is 2. The van der Waals surface area contributed by atoms with E-state index in [0.29, 0.717) is 25.5 Å². The van der Waals surface area contributed by atoms with Crippen LogP contribution in [-0.2, 0) is 16.4 Å². The molecule has 0 saturated carbocycles. The van der Waals surface area contributed by atoms with Crippen LogP contribution in [0.5, 0.6) is 0 Å². The van der Waals surface area contributed by atoms with Crippen LogP contribution in [0, 0.1) is 0 Å². The summed E-state index contributed by atoms with van der Waals surface area (Å²) in [5, 5.41) is 10.4. The van der Waals surface area contributed by atoms with Crippen molar-refractivity contribution in [2.75, 3.05) is 24.6 Å². The zero-order valence-electron chi connectivity index (χ0n) is 12.0. The Balaban J connectivity index is 0.00000220. The third-order valence-electron chi connectivity index (χ3n) is 3.08. The van der Waals surface area contributed by atoms with Gasteiger partial charge in [0.05, 0.1) is 24.6 Å². The highest BCUT2D eigenvalue weighted by molar-refractivity contribution is 14.0.